The predicted octanol–water partition coefficient (Wildman–Crippen LogP) is 4.81. The first-order chi connectivity index (χ1) is 13.1. The summed E-state index contributed by atoms with van der Waals surface area (Å²) in [6, 6.07) is 21.0. The normalized spacial score (nSPS) is 11.3. The van der Waals surface area contributed by atoms with Crippen LogP contribution in [0.1, 0.15) is 21.5 Å². The molecule has 3 aromatic carbocycles. The molecular weight excluding hydrogens is 343 g/mol. The first-order valence-electron chi connectivity index (χ1n) is 8.47. The first kappa shape index (κ1) is 18.5. The van der Waals surface area contributed by atoms with Crippen LogP contribution in [0, 0.1) is 5.82 Å². The summed E-state index contributed by atoms with van der Waals surface area (Å²) in [5.74, 6) is -0.683. The van der Waals surface area contributed by atoms with Crippen molar-refractivity contribution in [3.05, 3.63) is 95.3 Å². The fourth-order valence-corrected chi connectivity index (χ4v) is 2.80. The number of aliphatic hydroxyl groups excluding tert-OH is 1. The van der Waals surface area contributed by atoms with E-state index in [1.807, 2.05) is 42.5 Å². The van der Waals surface area contributed by atoms with E-state index in [1.165, 1.54) is 19.2 Å². The van der Waals surface area contributed by atoms with Crippen LogP contribution in [0.25, 0.3) is 22.8 Å². The highest BCUT2D eigenvalue weighted by Crippen LogP contribution is 2.24. The number of benzene rings is 3. The second-order valence-electron chi connectivity index (χ2n) is 6.03. The Hall–Kier alpha value is -3.24. The Morgan fingerprint density at radius 2 is 1.67 bits per heavy atom. The summed E-state index contributed by atoms with van der Waals surface area (Å²) in [4.78, 5) is 11.7. The number of carbonyl (C=O) groups is 1. The Balaban J connectivity index is 1.86. The van der Waals surface area contributed by atoms with E-state index in [9.17, 15) is 14.3 Å². The van der Waals surface area contributed by atoms with Gasteiger partial charge in [0.05, 0.1) is 19.3 Å². The number of hydrogen-bond donors (Lipinski definition) is 1. The largest absolute Gasteiger partial charge is 0.465 e. The maximum Gasteiger partial charge on any atom is 0.337 e. The Kier molecular flexibility index (Phi) is 5.79. The van der Waals surface area contributed by atoms with E-state index in [0.29, 0.717) is 11.1 Å². The molecule has 0 saturated carbocycles. The summed E-state index contributed by atoms with van der Waals surface area (Å²) in [6.07, 6.45) is 1.86. The van der Waals surface area contributed by atoms with E-state index < -0.39 is 0 Å². The minimum absolute atomic E-state index is 0.144. The molecule has 3 aromatic rings. The van der Waals surface area contributed by atoms with Gasteiger partial charge in [0.2, 0.25) is 0 Å². The lowest BCUT2D eigenvalue weighted by Crippen LogP contribution is -2.00. The molecule has 0 unspecified atom stereocenters. The van der Waals surface area contributed by atoms with Gasteiger partial charge in [-0.15, -0.1) is 0 Å². The zero-order valence-corrected chi connectivity index (χ0v) is 14.9. The van der Waals surface area contributed by atoms with E-state index >= 15 is 0 Å². The topological polar surface area (TPSA) is 46.5 Å². The molecule has 3 rings (SSSR count). The van der Waals surface area contributed by atoms with Crippen LogP contribution < -0.4 is 0 Å². The van der Waals surface area contributed by atoms with E-state index in [0.717, 1.165) is 22.3 Å². The molecule has 3 nitrogen and oxygen atoms in total. The molecule has 0 saturated heterocycles. The van der Waals surface area contributed by atoms with Crippen molar-refractivity contribution in [3.8, 4) is 11.1 Å². The van der Waals surface area contributed by atoms with Gasteiger partial charge in [0, 0.05) is 0 Å². The quantitative estimate of drug-likeness (QED) is 0.523. The number of aliphatic hydroxyl groups is 1. The molecule has 0 radical (unpaired) electrons. The van der Waals surface area contributed by atoms with Crippen molar-refractivity contribution in [1.29, 1.82) is 0 Å². The van der Waals surface area contributed by atoms with Crippen molar-refractivity contribution in [3.63, 3.8) is 0 Å². The molecule has 0 aromatic heterocycles. The van der Waals surface area contributed by atoms with Crippen LogP contribution >= 0.6 is 0 Å². The SMILES string of the molecule is COC(=O)c1cccc(-c2ccc(C=C(CO)c3ccc(F)cc3)cc2)c1. The van der Waals surface area contributed by atoms with Crippen LogP contribution in [-0.4, -0.2) is 24.8 Å². The van der Waals surface area contributed by atoms with Crippen molar-refractivity contribution < 1.29 is 19.0 Å². The van der Waals surface area contributed by atoms with Gasteiger partial charge < -0.3 is 9.84 Å². The number of esters is 1. The van der Waals surface area contributed by atoms with Crippen molar-refractivity contribution in [2.75, 3.05) is 13.7 Å². The fourth-order valence-electron chi connectivity index (χ4n) is 2.80. The highest BCUT2D eigenvalue weighted by atomic mass is 19.1. The molecule has 27 heavy (non-hydrogen) atoms. The van der Waals surface area contributed by atoms with Crippen molar-refractivity contribution in [2.45, 2.75) is 0 Å². The van der Waals surface area contributed by atoms with E-state index in [-0.39, 0.29) is 18.4 Å². The standard InChI is InChI=1S/C23H19FO3/c1-27-23(26)20-4-2-3-19(14-20)17-7-5-16(6-8-17)13-21(15-25)18-9-11-22(24)12-10-18/h2-14,25H,15H2,1H3. The second kappa shape index (κ2) is 8.43. The molecule has 0 fully saturated rings. The smallest absolute Gasteiger partial charge is 0.337 e. The molecule has 4 heteroatoms. The van der Waals surface area contributed by atoms with Gasteiger partial charge in [-0.2, -0.15) is 0 Å². The van der Waals surface area contributed by atoms with E-state index in [2.05, 4.69) is 0 Å². The molecule has 0 bridgehead atoms. The maximum absolute atomic E-state index is 13.1. The highest BCUT2D eigenvalue weighted by Gasteiger charge is 2.07. The summed E-state index contributed by atoms with van der Waals surface area (Å²) in [7, 11) is 1.36. The van der Waals surface area contributed by atoms with E-state index in [1.54, 1.807) is 24.3 Å². The molecule has 1 N–H and O–H groups in total. The third-order valence-electron chi connectivity index (χ3n) is 4.25. The van der Waals surface area contributed by atoms with Gasteiger partial charge in [0.15, 0.2) is 0 Å². The van der Waals surface area contributed by atoms with Gasteiger partial charge in [-0.05, 0) is 58.2 Å². The van der Waals surface area contributed by atoms with Crippen LogP contribution in [-0.2, 0) is 4.74 Å². The second-order valence-corrected chi connectivity index (χ2v) is 6.03. The number of ether oxygens (including phenoxy) is 1. The lowest BCUT2D eigenvalue weighted by Gasteiger charge is -2.07. The molecule has 0 atom stereocenters. The lowest BCUT2D eigenvalue weighted by molar-refractivity contribution is 0.0601. The fraction of sp³-hybridized carbons (Fsp3) is 0.0870. The van der Waals surface area contributed by atoms with Crippen LogP contribution in [0.15, 0.2) is 72.8 Å². The minimum atomic E-state index is -0.372. The Bertz CT molecular complexity index is 958. The van der Waals surface area contributed by atoms with Crippen LogP contribution in [0.5, 0.6) is 0 Å². The van der Waals surface area contributed by atoms with Crippen molar-refractivity contribution in [1.82, 2.24) is 0 Å². The van der Waals surface area contributed by atoms with Gasteiger partial charge in [-0.3, -0.25) is 0 Å². The zero-order valence-electron chi connectivity index (χ0n) is 14.9. The molecule has 0 aliphatic heterocycles. The summed E-state index contributed by atoms with van der Waals surface area (Å²) < 4.78 is 17.8. The monoisotopic (exact) mass is 362 g/mol. The number of rotatable bonds is 5. The average Bonchev–Trinajstić information content (AvgIpc) is 2.72. The molecule has 0 spiro atoms. The predicted molar refractivity (Wildman–Crippen MR) is 105 cm³/mol. The van der Waals surface area contributed by atoms with Crippen LogP contribution in [0.2, 0.25) is 0 Å². The molecule has 0 aliphatic rings. The Labute approximate surface area is 157 Å². The summed E-state index contributed by atoms with van der Waals surface area (Å²) in [5.41, 5.74) is 4.76. The van der Waals surface area contributed by atoms with Crippen LogP contribution in [0.3, 0.4) is 0 Å². The minimum Gasteiger partial charge on any atom is -0.465 e. The Morgan fingerprint density at radius 3 is 2.30 bits per heavy atom. The maximum atomic E-state index is 13.1. The Morgan fingerprint density at radius 1 is 0.963 bits per heavy atom. The van der Waals surface area contributed by atoms with Gasteiger partial charge in [0.25, 0.3) is 0 Å². The van der Waals surface area contributed by atoms with Crippen molar-refractivity contribution >= 4 is 17.6 Å². The number of carbonyl (C=O) groups excluding carboxylic acids is 1. The molecule has 136 valence electrons. The van der Waals surface area contributed by atoms with Gasteiger partial charge in [-0.1, -0.05) is 48.5 Å². The van der Waals surface area contributed by atoms with Gasteiger partial charge >= 0.3 is 5.97 Å². The summed E-state index contributed by atoms with van der Waals surface area (Å²) >= 11 is 0. The number of hydrogen-bond acceptors (Lipinski definition) is 3. The third-order valence-corrected chi connectivity index (χ3v) is 4.25. The lowest BCUT2D eigenvalue weighted by atomic mass is 9.99. The van der Waals surface area contributed by atoms with Gasteiger partial charge in [-0.25, -0.2) is 9.18 Å². The number of halogens is 1. The highest BCUT2D eigenvalue weighted by molar-refractivity contribution is 5.91. The van der Waals surface area contributed by atoms with Crippen LogP contribution in [0.4, 0.5) is 4.39 Å². The first-order valence-corrected chi connectivity index (χ1v) is 8.47. The molecule has 0 amide bonds. The number of methoxy groups -OCH3 is 1. The molecule has 0 heterocycles. The van der Waals surface area contributed by atoms with Crippen molar-refractivity contribution in [2.24, 2.45) is 0 Å². The third kappa shape index (κ3) is 4.49. The average molecular weight is 362 g/mol. The summed E-state index contributed by atoms with van der Waals surface area (Å²) in [6.45, 7) is -0.144. The van der Waals surface area contributed by atoms with Gasteiger partial charge in [0.1, 0.15) is 5.82 Å². The molecule has 0 aliphatic carbocycles. The van der Waals surface area contributed by atoms with E-state index in [4.69, 9.17) is 4.74 Å². The summed E-state index contributed by atoms with van der Waals surface area (Å²) in [5, 5.41) is 9.64. The zero-order chi connectivity index (χ0) is 19.2. The molecular formula is C23H19FO3.